The third-order valence-electron chi connectivity index (χ3n) is 3.59. The zero-order valence-electron chi connectivity index (χ0n) is 15.0. The van der Waals surface area contributed by atoms with Gasteiger partial charge in [-0.25, -0.2) is 0 Å². The van der Waals surface area contributed by atoms with Crippen molar-refractivity contribution in [2.75, 3.05) is 36.6 Å². The van der Waals surface area contributed by atoms with Crippen molar-refractivity contribution in [2.45, 2.75) is 39.0 Å². The maximum Gasteiger partial charge on any atom is 0.225 e. The average Bonchev–Trinajstić information content (AvgIpc) is 2.55. The van der Waals surface area contributed by atoms with E-state index in [1.54, 1.807) is 0 Å². The minimum Gasteiger partial charge on any atom is -0.376 e. The molecule has 2 N–H and O–H groups in total. The van der Waals surface area contributed by atoms with Gasteiger partial charge in [0.15, 0.2) is 0 Å². The van der Waals surface area contributed by atoms with Gasteiger partial charge in [-0.15, -0.1) is 12.4 Å². The lowest BCUT2D eigenvalue weighted by Gasteiger charge is -2.22. The second kappa shape index (κ2) is 12.5. The van der Waals surface area contributed by atoms with Crippen LogP contribution in [-0.2, 0) is 20.9 Å². The van der Waals surface area contributed by atoms with E-state index in [-0.39, 0.29) is 30.5 Å². The van der Waals surface area contributed by atoms with Gasteiger partial charge in [0.25, 0.3) is 0 Å². The summed E-state index contributed by atoms with van der Waals surface area (Å²) in [6.45, 7) is 6.68. The van der Waals surface area contributed by atoms with E-state index in [1.807, 2.05) is 49.9 Å². The molecule has 0 saturated carbocycles. The molecule has 5 nitrogen and oxygen atoms in total. The van der Waals surface area contributed by atoms with Crippen LogP contribution >= 0.6 is 24.2 Å². The van der Waals surface area contributed by atoms with E-state index in [1.165, 1.54) is 0 Å². The van der Waals surface area contributed by atoms with E-state index in [0.717, 1.165) is 29.3 Å². The van der Waals surface area contributed by atoms with Crippen LogP contribution in [-0.4, -0.2) is 49.3 Å². The molecule has 2 rings (SSSR count). The van der Waals surface area contributed by atoms with Gasteiger partial charge in [-0.2, -0.15) is 11.8 Å². The van der Waals surface area contributed by atoms with Crippen LogP contribution in [0, 0.1) is 0 Å². The number of rotatable bonds is 9. The van der Waals surface area contributed by atoms with E-state index in [9.17, 15) is 4.79 Å². The van der Waals surface area contributed by atoms with Gasteiger partial charge in [0, 0.05) is 36.2 Å². The Hall–Kier alpha value is -0.790. The fourth-order valence-electron chi connectivity index (χ4n) is 2.46. The van der Waals surface area contributed by atoms with Gasteiger partial charge in [0.1, 0.15) is 0 Å². The summed E-state index contributed by atoms with van der Waals surface area (Å²) >= 11 is 1.90. The maximum absolute atomic E-state index is 12.1. The first-order chi connectivity index (χ1) is 11.6. The van der Waals surface area contributed by atoms with Gasteiger partial charge in [-0.1, -0.05) is 12.1 Å². The van der Waals surface area contributed by atoms with E-state index in [4.69, 9.17) is 9.47 Å². The molecule has 1 heterocycles. The number of anilines is 1. The fraction of sp³-hybridized carbons (Fsp3) is 0.611. The van der Waals surface area contributed by atoms with E-state index >= 15 is 0 Å². The number of carbonyl (C=O) groups is 1. The molecule has 1 fully saturated rings. The number of ether oxygens (including phenoxy) is 2. The summed E-state index contributed by atoms with van der Waals surface area (Å²) in [6, 6.07) is 8.08. The Balaban J connectivity index is 0.00000312. The van der Waals surface area contributed by atoms with Gasteiger partial charge in [0.2, 0.25) is 5.91 Å². The molecule has 1 aliphatic rings. The number of hydrogen-bond acceptors (Lipinski definition) is 5. The Morgan fingerprint density at radius 1 is 1.40 bits per heavy atom. The highest BCUT2D eigenvalue weighted by Crippen LogP contribution is 2.14. The lowest BCUT2D eigenvalue weighted by molar-refractivity contribution is -0.116. The maximum atomic E-state index is 12.1. The SMILES string of the molecule is CC(C)OCCOCc1cccc(NC(=O)CC2CSCCN2)c1.Cl. The fourth-order valence-corrected chi connectivity index (χ4v) is 3.41. The molecule has 0 aromatic heterocycles. The molecular formula is C18H29ClN2O3S. The predicted octanol–water partition coefficient (Wildman–Crippen LogP) is 3.08. The lowest BCUT2D eigenvalue weighted by Crippen LogP contribution is -2.39. The highest BCUT2D eigenvalue weighted by molar-refractivity contribution is 7.99. The Morgan fingerprint density at radius 2 is 2.24 bits per heavy atom. The molecule has 1 saturated heterocycles. The Kier molecular flexibility index (Phi) is 11.2. The number of halogens is 1. The first-order valence-corrected chi connectivity index (χ1v) is 9.68. The molecule has 142 valence electrons. The topological polar surface area (TPSA) is 59.6 Å². The van der Waals surface area contributed by atoms with Crippen LogP contribution in [0.15, 0.2) is 24.3 Å². The first kappa shape index (κ1) is 22.3. The minimum atomic E-state index is 0. The van der Waals surface area contributed by atoms with Crippen LogP contribution in [0.4, 0.5) is 5.69 Å². The molecule has 0 radical (unpaired) electrons. The second-order valence-corrected chi connectivity index (χ2v) is 7.30. The second-order valence-electron chi connectivity index (χ2n) is 6.15. The summed E-state index contributed by atoms with van der Waals surface area (Å²) in [7, 11) is 0. The Labute approximate surface area is 161 Å². The largest absolute Gasteiger partial charge is 0.376 e. The summed E-state index contributed by atoms with van der Waals surface area (Å²) in [6.07, 6.45) is 0.740. The van der Waals surface area contributed by atoms with Gasteiger partial charge >= 0.3 is 0 Å². The molecule has 0 aliphatic carbocycles. The molecule has 0 spiro atoms. The Bertz CT molecular complexity index is 511. The van der Waals surface area contributed by atoms with Crippen molar-refractivity contribution in [3.05, 3.63) is 29.8 Å². The molecular weight excluding hydrogens is 360 g/mol. The number of hydrogen-bond donors (Lipinski definition) is 2. The molecule has 1 aromatic carbocycles. The summed E-state index contributed by atoms with van der Waals surface area (Å²) in [5.74, 6) is 2.18. The number of benzene rings is 1. The molecule has 1 aromatic rings. The summed E-state index contributed by atoms with van der Waals surface area (Å²) in [5, 5.41) is 6.36. The molecule has 25 heavy (non-hydrogen) atoms. The molecule has 1 aliphatic heterocycles. The number of thioether (sulfide) groups is 1. The summed E-state index contributed by atoms with van der Waals surface area (Å²) in [4.78, 5) is 12.1. The first-order valence-electron chi connectivity index (χ1n) is 8.53. The monoisotopic (exact) mass is 388 g/mol. The van der Waals surface area contributed by atoms with Crippen molar-refractivity contribution in [1.29, 1.82) is 0 Å². The van der Waals surface area contributed by atoms with Crippen LogP contribution in [0.5, 0.6) is 0 Å². The normalized spacial score (nSPS) is 17.2. The molecule has 0 bridgehead atoms. The zero-order valence-corrected chi connectivity index (χ0v) is 16.6. The molecule has 1 unspecified atom stereocenters. The zero-order chi connectivity index (χ0) is 17.2. The highest BCUT2D eigenvalue weighted by Gasteiger charge is 2.16. The number of carbonyl (C=O) groups excluding carboxylic acids is 1. The van der Waals surface area contributed by atoms with Crippen molar-refractivity contribution in [2.24, 2.45) is 0 Å². The van der Waals surface area contributed by atoms with Crippen molar-refractivity contribution < 1.29 is 14.3 Å². The third kappa shape index (κ3) is 9.47. The predicted molar refractivity (Wildman–Crippen MR) is 107 cm³/mol. The van der Waals surface area contributed by atoms with Crippen LogP contribution in [0.3, 0.4) is 0 Å². The third-order valence-corrected chi connectivity index (χ3v) is 4.72. The van der Waals surface area contributed by atoms with Crippen molar-refractivity contribution in [3.8, 4) is 0 Å². The van der Waals surface area contributed by atoms with Crippen molar-refractivity contribution in [3.63, 3.8) is 0 Å². The minimum absolute atomic E-state index is 0. The molecule has 1 amide bonds. The van der Waals surface area contributed by atoms with Crippen LogP contribution < -0.4 is 10.6 Å². The van der Waals surface area contributed by atoms with E-state index in [0.29, 0.717) is 26.2 Å². The standard InChI is InChI=1S/C18H28N2O3S.ClH/c1-14(2)23-8-7-22-12-15-4-3-5-16(10-15)20-18(21)11-17-13-24-9-6-19-17;/h3-5,10,14,17,19H,6-9,11-13H2,1-2H3,(H,20,21);1H. The number of nitrogens with one attached hydrogen (secondary N) is 2. The van der Waals surface area contributed by atoms with Crippen LogP contribution in [0.2, 0.25) is 0 Å². The van der Waals surface area contributed by atoms with Crippen molar-refractivity contribution in [1.82, 2.24) is 5.32 Å². The lowest BCUT2D eigenvalue weighted by atomic mass is 10.2. The highest BCUT2D eigenvalue weighted by atomic mass is 35.5. The van der Waals surface area contributed by atoms with Gasteiger partial charge in [-0.3, -0.25) is 4.79 Å². The van der Waals surface area contributed by atoms with E-state index in [2.05, 4.69) is 10.6 Å². The Morgan fingerprint density at radius 3 is 2.96 bits per heavy atom. The summed E-state index contributed by atoms with van der Waals surface area (Å²) < 4.78 is 11.0. The smallest absolute Gasteiger partial charge is 0.225 e. The van der Waals surface area contributed by atoms with Crippen LogP contribution in [0.25, 0.3) is 0 Å². The molecule has 7 heteroatoms. The van der Waals surface area contributed by atoms with Crippen LogP contribution in [0.1, 0.15) is 25.8 Å². The van der Waals surface area contributed by atoms with E-state index < -0.39 is 0 Å². The van der Waals surface area contributed by atoms with Gasteiger partial charge < -0.3 is 20.1 Å². The number of amides is 1. The summed E-state index contributed by atoms with van der Waals surface area (Å²) in [5.41, 5.74) is 1.87. The quantitative estimate of drug-likeness (QED) is 0.636. The van der Waals surface area contributed by atoms with Gasteiger partial charge in [0.05, 0.1) is 25.9 Å². The van der Waals surface area contributed by atoms with Gasteiger partial charge in [-0.05, 0) is 31.5 Å². The molecule has 1 atom stereocenters. The van der Waals surface area contributed by atoms with Crippen molar-refractivity contribution >= 4 is 35.8 Å². The average molecular weight is 389 g/mol.